The number of rotatable bonds is 9. The minimum Gasteiger partial charge on any atom is -0.481 e. The molecule has 0 aliphatic heterocycles. The Balaban J connectivity index is 5.36. The summed E-state index contributed by atoms with van der Waals surface area (Å²) in [6.07, 6.45) is -0.248. The highest BCUT2D eigenvalue weighted by molar-refractivity contribution is 7.96. The van der Waals surface area contributed by atoms with Crippen molar-refractivity contribution in [2.75, 3.05) is 11.5 Å². The number of hydrogen-bond acceptors (Lipinski definition) is 5. The third-order valence-electron chi connectivity index (χ3n) is 2.62. The first-order valence-corrected chi connectivity index (χ1v) is 9.33. The molecule has 0 amide bonds. The molecule has 0 fully saturated rings. The zero-order valence-electron chi connectivity index (χ0n) is 11.3. The summed E-state index contributed by atoms with van der Waals surface area (Å²) >= 11 is 0. The van der Waals surface area contributed by atoms with Gasteiger partial charge < -0.3 is 25.7 Å². The lowest BCUT2D eigenvalue weighted by Crippen LogP contribution is -2.33. The quantitative estimate of drug-likeness (QED) is 0.341. The Morgan fingerprint density at radius 2 is 1.81 bits per heavy atom. The van der Waals surface area contributed by atoms with Gasteiger partial charge in [-0.25, -0.2) is 8.77 Å². The van der Waals surface area contributed by atoms with Crippen LogP contribution in [0.2, 0.25) is 0 Å². The smallest absolute Gasteiger partial charge is 0.456 e. The molecule has 0 rings (SSSR count). The van der Waals surface area contributed by atoms with Crippen LogP contribution in [0.3, 0.4) is 0 Å². The van der Waals surface area contributed by atoms with Crippen LogP contribution in [0, 0.1) is 5.92 Å². The van der Waals surface area contributed by atoms with Crippen molar-refractivity contribution in [2.24, 2.45) is 15.8 Å². The standard InChI is InChI=1S/C9H19N2O8PS/c1-2-6(8(12)13)5-21(19,11-20(16,17)18)4-3-7(10)9(14)15/h6-7H,2-5,10H2,1H3,(H,12,13)(H,14,15)(H2,16,17,18)/t6-,7-,21?/m0/s1. The molecule has 12 heteroatoms. The lowest BCUT2D eigenvalue weighted by Gasteiger charge is -2.16. The van der Waals surface area contributed by atoms with Crippen molar-refractivity contribution in [1.82, 2.24) is 0 Å². The van der Waals surface area contributed by atoms with Crippen molar-refractivity contribution in [3.05, 3.63) is 0 Å². The largest absolute Gasteiger partial charge is 0.481 e. The predicted octanol–water partition coefficient (Wildman–Crippen LogP) is -0.540. The second kappa shape index (κ2) is 7.85. The van der Waals surface area contributed by atoms with E-state index in [9.17, 15) is 18.4 Å². The van der Waals surface area contributed by atoms with E-state index in [1.807, 2.05) is 0 Å². The van der Waals surface area contributed by atoms with Crippen LogP contribution >= 0.6 is 7.75 Å². The van der Waals surface area contributed by atoms with E-state index in [2.05, 4.69) is 4.13 Å². The van der Waals surface area contributed by atoms with Gasteiger partial charge in [0.25, 0.3) is 0 Å². The topological polar surface area (TPSA) is 188 Å². The maximum Gasteiger partial charge on any atom is 0.456 e. The molecule has 3 atom stereocenters. The number of nitrogens with zero attached hydrogens (tertiary/aromatic N) is 1. The van der Waals surface area contributed by atoms with Crippen molar-refractivity contribution < 1.29 is 38.4 Å². The Labute approximate surface area is 121 Å². The van der Waals surface area contributed by atoms with Crippen molar-refractivity contribution in [3.8, 4) is 0 Å². The van der Waals surface area contributed by atoms with E-state index >= 15 is 0 Å². The van der Waals surface area contributed by atoms with Crippen molar-refractivity contribution in [2.45, 2.75) is 25.8 Å². The molecule has 0 saturated carbocycles. The Hall–Kier alpha value is -1.00. The lowest BCUT2D eigenvalue weighted by atomic mass is 10.1. The molecular formula is C9H19N2O8PS. The first kappa shape index (κ1) is 20.0. The molecule has 0 saturated heterocycles. The van der Waals surface area contributed by atoms with Gasteiger partial charge in [0.1, 0.15) is 6.04 Å². The van der Waals surface area contributed by atoms with Crippen LogP contribution < -0.4 is 5.73 Å². The van der Waals surface area contributed by atoms with Crippen molar-refractivity contribution >= 4 is 29.4 Å². The number of carbonyl (C=O) groups is 2. The fraction of sp³-hybridized carbons (Fsp3) is 0.778. The molecule has 0 aromatic heterocycles. The first-order valence-electron chi connectivity index (χ1n) is 5.91. The minimum absolute atomic E-state index is 0.0913. The van der Waals surface area contributed by atoms with Gasteiger partial charge in [-0.15, -0.1) is 4.13 Å². The molecule has 0 aromatic rings. The molecule has 0 heterocycles. The molecule has 0 aliphatic carbocycles. The fourth-order valence-corrected chi connectivity index (χ4v) is 5.40. The van der Waals surface area contributed by atoms with Crippen LogP contribution in [-0.2, 0) is 23.9 Å². The highest BCUT2D eigenvalue weighted by Crippen LogP contribution is 2.38. The molecule has 0 aromatic carbocycles. The van der Waals surface area contributed by atoms with E-state index < -0.39 is 52.9 Å². The van der Waals surface area contributed by atoms with Gasteiger partial charge in [-0.1, -0.05) is 6.92 Å². The molecule has 0 radical (unpaired) electrons. The fourth-order valence-electron chi connectivity index (χ4n) is 1.46. The van der Waals surface area contributed by atoms with Crippen LogP contribution in [0.1, 0.15) is 19.8 Å². The van der Waals surface area contributed by atoms with Crippen molar-refractivity contribution in [1.29, 1.82) is 0 Å². The molecule has 10 nitrogen and oxygen atoms in total. The molecule has 1 unspecified atom stereocenters. The maximum absolute atomic E-state index is 12.4. The average Bonchev–Trinajstić information content (AvgIpc) is 2.30. The zero-order chi connectivity index (χ0) is 16.8. The number of nitrogens with two attached hydrogens (primary N) is 1. The number of aliphatic carboxylic acids is 2. The summed E-state index contributed by atoms with van der Waals surface area (Å²) in [5.41, 5.74) is 5.23. The molecule has 0 bridgehead atoms. The van der Waals surface area contributed by atoms with Crippen LogP contribution in [0.4, 0.5) is 0 Å². The van der Waals surface area contributed by atoms with Gasteiger partial charge in [0, 0.05) is 11.5 Å². The second-order valence-corrected chi connectivity index (χ2v) is 8.38. The van der Waals surface area contributed by atoms with Gasteiger partial charge >= 0.3 is 19.7 Å². The van der Waals surface area contributed by atoms with Gasteiger partial charge in [0.05, 0.1) is 15.6 Å². The van der Waals surface area contributed by atoms with Gasteiger partial charge in [-0.05, 0) is 12.8 Å². The van der Waals surface area contributed by atoms with E-state index in [0.717, 1.165) is 0 Å². The monoisotopic (exact) mass is 346 g/mol. The number of carboxylic acid groups (broad SMARTS) is 2. The highest BCUT2D eigenvalue weighted by atomic mass is 32.2. The third-order valence-corrected chi connectivity index (χ3v) is 6.46. The zero-order valence-corrected chi connectivity index (χ0v) is 13.0. The normalized spacial score (nSPS) is 17.5. The van der Waals surface area contributed by atoms with Gasteiger partial charge in [-0.3, -0.25) is 9.59 Å². The lowest BCUT2D eigenvalue weighted by molar-refractivity contribution is -0.141. The molecule has 0 aliphatic rings. The summed E-state index contributed by atoms with van der Waals surface area (Å²) in [7, 11) is -8.59. The summed E-state index contributed by atoms with van der Waals surface area (Å²) < 4.78 is 26.3. The maximum atomic E-state index is 12.4. The highest BCUT2D eigenvalue weighted by Gasteiger charge is 2.27. The summed E-state index contributed by atoms with van der Waals surface area (Å²) in [5, 5.41) is 17.6. The van der Waals surface area contributed by atoms with E-state index in [1.54, 1.807) is 0 Å². The van der Waals surface area contributed by atoms with Gasteiger partial charge in [0.15, 0.2) is 0 Å². The Kier molecular flexibility index (Phi) is 7.48. The molecule has 6 N–H and O–H groups in total. The molecule has 0 spiro atoms. The summed E-state index contributed by atoms with van der Waals surface area (Å²) in [6, 6.07) is -1.37. The number of carboxylic acids is 2. The average molecular weight is 346 g/mol. The molecular weight excluding hydrogens is 327 g/mol. The van der Waals surface area contributed by atoms with E-state index in [1.165, 1.54) is 6.92 Å². The van der Waals surface area contributed by atoms with E-state index in [0.29, 0.717) is 0 Å². The summed E-state index contributed by atoms with van der Waals surface area (Å²) in [5.74, 6) is -4.81. The summed E-state index contributed by atoms with van der Waals surface area (Å²) in [6.45, 7) is 1.51. The Morgan fingerprint density at radius 1 is 1.29 bits per heavy atom. The Morgan fingerprint density at radius 3 is 2.14 bits per heavy atom. The van der Waals surface area contributed by atoms with Gasteiger partial charge in [0.2, 0.25) is 0 Å². The minimum atomic E-state index is -5.00. The molecule has 124 valence electrons. The van der Waals surface area contributed by atoms with E-state index in [4.69, 9.17) is 25.7 Å². The van der Waals surface area contributed by atoms with E-state index in [-0.39, 0.29) is 12.8 Å². The first-order chi connectivity index (χ1) is 9.40. The molecule has 21 heavy (non-hydrogen) atoms. The van der Waals surface area contributed by atoms with Crippen LogP contribution in [0.15, 0.2) is 4.13 Å². The van der Waals surface area contributed by atoms with Crippen LogP contribution in [0.5, 0.6) is 0 Å². The SMILES string of the molecule is CC[C@@H](CS(=O)(CC[C@H](N)C(=O)O)=NP(=O)(O)O)C(=O)O. The third kappa shape index (κ3) is 8.12. The van der Waals surface area contributed by atoms with Gasteiger partial charge in [-0.2, -0.15) is 0 Å². The number of hydrogen-bond donors (Lipinski definition) is 5. The predicted molar refractivity (Wildman–Crippen MR) is 74.0 cm³/mol. The van der Waals surface area contributed by atoms with Crippen molar-refractivity contribution in [3.63, 3.8) is 0 Å². The van der Waals surface area contributed by atoms with Crippen LogP contribution in [0.25, 0.3) is 0 Å². The van der Waals surface area contributed by atoms with Crippen LogP contribution in [-0.4, -0.2) is 53.7 Å². The summed E-state index contributed by atoms with van der Waals surface area (Å²) in [4.78, 5) is 39.2. The Bertz CT molecular complexity index is 550. The second-order valence-electron chi connectivity index (χ2n) is 4.42.